The highest BCUT2D eigenvalue weighted by molar-refractivity contribution is 6.11. The predicted molar refractivity (Wildman–Crippen MR) is 189 cm³/mol. The molecule has 5 aliphatic heterocycles. The molecule has 8 rings (SSSR count). The Morgan fingerprint density at radius 1 is 0.882 bits per heavy atom. The number of hydrogen-bond donors (Lipinski definition) is 2. The summed E-state index contributed by atoms with van der Waals surface area (Å²) >= 11 is 0. The molecular formula is C41H49ClN4O5. The van der Waals surface area contributed by atoms with E-state index in [9.17, 15) is 14.7 Å². The molecule has 0 aliphatic carbocycles. The molecule has 0 unspecified atom stereocenters. The van der Waals surface area contributed by atoms with E-state index in [-0.39, 0.29) is 49.5 Å². The zero-order chi connectivity index (χ0) is 34.4. The Labute approximate surface area is 306 Å². The van der Waals surface area contributed by atoms with Gasteiger partial charge in [-0.1, -0.05) is 91.0 Å². The molecule has 2 spiro atoms. The molecule has 3 amide bonds. The van der Waals surface area contributed by atoms with Gasteiger partial charge in [-0.25, -0.2) is 0 Å². The number of hydrogen-bond acceptors (Lipinski definition) is 5. The van der Waals surface area contributed by atoms with E-state index in [1.165, 1.54) is 0 Å². The van der Waals surface area contributed by atoms with Gasteiger partial charge in [-0.3, -0.25) is 14.4 Å². The standard InChI is InChI=1S/C41H48N4O5.ClH/c46-35-26-41(38(49)43-20-11-19-40(41,43)37(48)42-28-31-12-10-21-45(30-31)22-24-50-25-23-45)44(29-35)36(47)27-39(32-13-4-1-5-14-32,33-15-6-2-7-16-33)34-17-8-3-9-18-34;/h1-9,13-18,31,35,46H,10-12,19-30H2;1H/t31-,35-,40+,41-;/m1./s1. The zero-order valence-corrected chi connectivity index (χ0v) is 30.0. The lowest BCUT2D eigenvalue weighted by Crippen LogP contribution is -3.00. The van der Waals surface area contributed by atoms with Gasteiger partial charge >= 0.3 is 0 Å². The van der Waals surface area contributed by atoms with Crippen molar-refractivity contribution in [2.45, 2.75) is 61.1 Å². The molecule has 5 saturated heterocycles. The molecule has 10 heteroatoms. The minimum atomic E-state index is -1.41. The van der Waals surface area contributed by atoms with Crippen LogP contribution in [0, 0.1) is 5.92 Å². The van der Waals surface area contributed by atoms with E-state index in [2.05, 4.69) is 41.7 Å². The second-order valence-corrected chi connectivity index (χ2v) is 15.3. The molecule has 0 saturated carbocycles. The number of piperidine rings is 1. The van der Waals surface area contributed by atoms with Gasteiger partial charge in [-0.2, -0.15) is 0 Å². The van der Waals surface area contributed by atoms with Crippen LogP contribution in [-0.4, -0.2) is 113 Å². The van der Waals surface area contributed by atoms with E-state index in [4.69, 9.17) is 4.74 Å². The Kier molecular flexibility index (Phi) is 9.78. The smallest absolute Gasteiger partial charge is 0.252 e. The van der Waals surface area contributed by atoms with E-state index < -0.39 is 22.6 Å². The molecule has 3 aromatic carbocycles. The first-order valence-corrected chi connectivity index (χ1v) is 18.5. The van der Waals surface area contributed by atoms with Gasteiger partial charge in [-0.15, -0.1) is 0 Å². The van der Waals surface area contributed by atoms with E-state index in [1.807, 2.05) is 54.6 Å². The van der Waals surface area contributed by atoms with Crippen molar-refractivity contribution in [2.24, 2.45) is 5.92 Å². The van der Waals surface area contributed by atoms with Crippen LogP contribution in [0.15, 0.2) is 91.0 Å². The lowest BCUT2D eigenvalue weighted by Gasteiger charge is -2.62. The van der Waals surface area contributed by atoms with Crippen LogP contribution in [0.5, 0.6) is 0 Å². The monoisotopic (exact) mass is 712 g/mol. The van der Waals surface area contributed by atoms with Crippen molar-refractivity contribution >= 4 is 17.7 Å². The average molecular weight is 713 g/mol. The molecule has 2 N–H and O–H groups in total. The van der Waals surface area contributed by atoms with E-state index in [0.717, 1.165) is 73.4 Å². The third kappa shape index (κ3) is 5.59. The number of β-amino-alcohol motifs (C(OH)–C–C–N with tert-alkyl or cyclic N) is 1. The van der Waals surface area contributed by atoms with Gasteiger partial charge in [0.05, 0.1) is 37.8 Å². The molecule has 3 aromatic rings. The molecule has 5 aliphatic rings. The summed E-state index contributed by atoms with van der Waals surface area (Å²) in [6.07, 6.45) is 2.55. The topological polar surface area (TPSA) is 99.2 Å². The molecule has 5 heterocycles. The SMILES string of the molecule is O=C(CC(c1ccccc1)(c1ccccc1)c1ccccc1)N1C[C@H](O)C[C@]12C(=O)N1CCC[C@@]12C(=O)NC[C@H]1CCC[N+]2(CCOCC2)C1.[Cl-]. The normalized spacial score (nSPS) is 28.2. The van der Waals surface area contributed by atoms with Crippen LogP contribution in [0.2, 0.25) is 0 Å². The molecule has 51 heavy (non-hydrogen) atoms. The number of aliphatic hydroxyl groups is 1. The largest absolute Gasteiger partial charge is 1.00 e. The summed E-state index contributed by atoms with van der Waals surface area (Å²) in [6, 6.07) is 30.2. The maximum Gasteiger partial charge on any atom is 0.252 e. The number of halogens is 1. The summed E-state index contributed by atoms with van der Waals surface area (Å²) in [5.41, 5.74) is -0.587. The van der Waals surface area contributed by atoms with E-state index in [1.54, 1.807) is 9.80 Å². The maximum absolute atomic E-state index is 15.1. The Balaban J connectivity index is 0.00000406. The highest BCUT2D eigenvalue weighted by Gasteiger charge is 2.81. The number of amides is 3. The summed E-state index contributed by atoms with van der Waals surface area (Å²) in [4.78, 5) is 47.4. The number of β-lactam (4-membered cyclic amide) rings is 1. The Hall–Kier alpha value is -3.76. The van der Waals surface area contributed by atoms with Gasteiger partial charge in [0.15, 0.2) is 11.1 Å². The molecule has 270 valence electrons. The van der Waals surface area contributed by atoms with Crippen LogP contribution in [0.1, 0.15) is 55.2 Å². The molecule has 9 nitrogen and oxygen atoms in total. The highest BCUT2D eigenvalue weighted by atomic mass is 35.5. The van der Waals surface area contributed by atoms with E-state index in [0.29, 0.717) is 31.8 Å². The molecule has 5 fully saturated rings. The predicted octanol–water partition coefficient (Wildman–Crippen LogP) is 0.495. The number of benzene rings is 3. The second kappa shape index (κ2) is 14.0. The summed E-state index contributed by atoms with van der Waals surface area (Å²) in [7, 11) is 0. The third-order valence-corrected chi connectivity index (χ3v) is 12.8. The summed E-state index contributed by atoms with van der Waals surface area (Å²) in [5.74, 6) is -0.286. The Morgan fingerprint density at radius 3 is 2.06 bits per heavy atom. The first-order valence-electron chi connectivity index (χ1n) is 18.5. The summed E-state index contributed by atoms with van der Waals surface area (Å²) in [6.45, 7) is 6.85. The lowest BCUT2D eigenvalue weighted by atomic mass is 9.63. The maximum atomic E-state index is 15.1. The summed E-state index contributed by atoms with van der Waals surface area (Å²) < 4.78 is 6.72. The van der Waals surface area contributed by atoms with Gasteiger partial charge < -0.3 is 41.9 Å². The number of carbonyl (C=O) groups is 3. The van der Waals surface area contributed by atoms with Crippen molar-refractivity contribution in [3.63, 3.8) is 0 Å². The number of carbonyl (C=O) groups excluding carboxylic acids is 3. The minimum absolute atomic E-state index is 0. The highest BCUT2D eigenvalue weighted by Crippen LogP contribution is 2.57. The second-order valence-electron chi connectivity index (χ2n) is 15.3. The number of quaternary nitrogens is 1. The lowest BCUT2D eigenvalue weighted by molar-refractivity contribution is -0.942. The summed E-state index contributed by atoms with van der Waals surface area (Å²) in [5, 5.41) is 14.6. The first kappa shape index (κ1) is 35.6. The molecule has 0 aromatic heterocycles. The molecule has 4 atom stereocenters. The van der Waals surface area contributed by atoms with Crippen LogP contribution in [-0.2, 0) is 24.5 Å². The van der Waals surface area contributed by atoms with Gasteiger partial charge in [0.2, 0.25) is 11.8 Å². The van der Waals surface area contributed by atoms with Crippen molar-refractivity contribution in [3.05, 3.63) is 108 Å². The van der Waals surface area contributed by atoms with Crippen molar-refractivity contribution in [2.75, 3.05) is 59.0 Å². The fourth-order valence-electron chi connectivity index (χ4n) is 10.5. The molecule has 0 bridgehead atoms. The van der Waals surface area contributed by atoms with Crippen molar-refractivity contribution in [1.82, 2.24) is 15.1 Å². The van der Waals surface area contributed by atoms with Crippen molar-refractivity contribution < 1.29 is 41.1 Å². The number of fused-ring (bicyclic) bond motifs is 2. The fourth-order valence-corrected chi connectivity index (χ4v) is 10.5. The Morgan fingerprint density at radius 2 is 1.47 bits per heavy atom. The number of likely N-dealkylation sites (tertiary alicyclic amines) is 1. The molecular weight excluding hydrogens is 664 g/mol. The number of nitrogens with one attached hydrogen (secondary N) is 1. The number of aliphatic hydroxyl groups excluding tert-OH is 1. The average Bonchev–Trinajstić information content (AvgIpc) is 3.76. The van der Waals surface area contributed by atoms with Crippen molar-refractivity contribution in [1.29, 1.82) is 0 Å². The number of nitrogens with zero attached hydrogens (tertiary/aromatic N) is 3. The molecule has 0 radical (unpaired) electrons. The van der Waals surface area contributed by atoms with Gasteiger partial charge in [-0.05, 0) is 42.4 Å². The quantitative estimate of drug-likeness (QED) is 0.202. The van der Waals surface area contributed by atoms with Gasteiger partial charge in [0, 0.05) is 38.4 Å². The van der Waals surface area contributed by atoms with Crippen LogP contribution >= 0.6 is 0 Å². The van der Waals surface area contributed by atoms with Crippen LogP contribution in [0.4, 0.5) is 0 Å². The number of rotatable bonds is 8. The minimum Gasteiger partial charge on any atom is -1.00 e. The Bertz CT molecular complexity index is 1620. The third-order valence-electron chi connectivity index (χ3n) is 12.8. The van der Waals surface area contributed by atoms with Crippen molar-refractivity contribution in [3.8, 4) is 0 Å². The van der Waals surface area contributed by atoms with E-state index >= 15 is 4.79 Å². The van der Waals surface area contributed by atoms with Crippen LogP contribution in [0.25, 0.3) is 0 Å². The zero-order valence-electron chi connectivity index (χ0n) is 29.2. The fraction of sp³-hybridized carbons (Fsp3) is 0.488. The number of ether oxygens (including phenoxy) is 1. The van der Waals surface area contributed by atoms with Crippen LogP contribution < -0.4 is 17.7 Å². The van der Waals surface area contributed by atoms with Crippen LogP contribution in [0.3, 0.4) is 0 Å². The first-order chi connectivity index (χ1) is 24.3. The van der Waals surface area contributed by atoms with Gasteiger partial charge in [0.1, 0.15) is 13.1 Å². The number of morpholine rings is 1. The van der Waals surface area contributed by atoms with Gasteiger partial charge in [0.25, 0.3) is 5.91 Å².